The molecule has 0 saturated carbocycles. The summed E-state index contributed by atoms with van der Waals surface area (Å²) in [6.45, 7) is 6.75. The molecule has 0 bridgehead atoms. The fraction of sp³-hybridized carbons (Fsp3) is 0.452. The number of nitrogens with two attached hydrogens (primary N) is 1. The molecule has 0 spiro atoms. The zero-order valence-electron chi connectivity index (χ0n) is 25.0. The molecule has 2 aromatic carbocycles. The van der Waals surface area contributed by atoms with E-state index in [0.29, 0.717) is 6.42 Å². The van der Waals surface area contributed by atoms with Crippen molar-refractivity contribution in [2.75, 3.05) is 19.7 Å². The molecular formula is C31H41N5O7. The molecule has 0 saturated heterocycles. The summed E-state index contributed by atoms with van der Waals surface area (Å²) in [6, 6.07) is 13.1. The van der Waals surface area contributed by atoms with Crippen LogP contribution in [0.5, 0.6) is 0 Å². The van der Waals surface area contributed by atoms with Gasteiger partial charge in [0.15, 0.2) is 0 Å². The van der Waals surface area contributed by atoms with Crippen LogP contribution < -0.4 is 27.0 Å². The molecule has 0 aliphatic heterocycles. The Hall–Kier alpha value is -4.61. The number of hydrogen-bond donors (Lipinski definition) is 5. The number of primary amides is 1. The van der Waals surface area contributed by atoms with E-state index >= 15 is 0 Å². The predicted octanol–water partition coefficient (Wildman–Crippen LogP) is 2.55. The van der Waals surface area contributed by atoms with Gasteiger partial charge in [0.1, 0.15) is 25.2 Å². The molecule has 6 N–H and O–H groups in total. The minimum absolute atomic E-state index is 0.0800. The Morgan fingerprint density at radius 1 is 0.837 bits per heavy atom. The Balaban J connectivity index is 1.62. The predicted molar refractivity (Wildman–Crippen MR) is 160 cm³/mol. The van der Waals surface area contributed by atoms with Gasteiger partial charge in [0.25, 0.3) is 0 Å². The highest BCUT2D eigenvalue weighted by molar-refractivity contribution is 5.92. The zero-order valence-corrected chi connectivity index (χ0v) is 25.0. The first-order chi connectivity index (χ1) is 20.5. The van der Waals surface area contributed by atoms with E-state index in [4.69, 9.17) is 15.2 Å². The number of rotatable bonds is 14. The smallest absolute Gasteiger partial charge is 0.407 e. The number of benzene rings is 2. The molecule has 12 heteroatoms. The molecular weight excluding hydrogens is 554 g/mol. The van der Waals surface area contributed by atoms with Gasteiger partial charge < -0.3 is 36.5 Å². The SMILES string of the molecule is CC(C)OC(=O)CNC(=O)C(CCCNC(N)=O)NC(=O)C(NC(=O)OCC1c2ccccc2-c2ccccc21)C(C)C. The van der Waals surface area contributed by atoms with Gasteiger partial charge in [-0.1, -0.05) is 62.4 Å². The average Bonchev–Trinajstić information content (AvgIpc) is 3.28. The van der Waals surface area contributed by atoms with Crippen LogP contribution >= 0.6 is 0 Å². The van der Waals surface area contributed by atoms with Crippen LogP contribution in [-0.4, -0.2) is 67.8 Å². The molecule has 43 heavy (non-hydrogen) atoms. The number of carbonyl (C=O) groups excluding carboxylic acids is 5. The molecule has 1 aliphatic rings. The standard InChI is InChI=1S/C31H41N5O7/c1-18(2)27(29(39)35-25(14-9-15-33-30(32)40)28(38)34-16-26(37)43-19(3)4)36-31(41)42-17-24-22-12-7-5-10-20(22)21-11-6-8-13-23(21)24/h5-8,10-13,18-19,24-25,27H,9,14-17H2,1-4H3,(H,34,38)(H,35,39)(H,36,41)(H3,32,33,40). The highest BCUT2D eigenvalue weighted by Crippen LogP contribution is 2.44. The molecule has 232 valence electrons. The van der Waals surface area contributed by atoms with E-state index in [2.05, 4.69) is 21.3 Å². The number of fused-ring (bicyclic) bond motifs is 3. The molecule has 12 nitrogen and oxygen atoms in total. The summed E-state index contributed by atoms with van der Waals surface area (Å²) >= 11 is 0. The van der Waals surface area contributed by atoms with Crippen LogP contribution in [0.1, 0.15) is 57.6 Å². The fourth-order valence-electron chi connectivity index (χ4n) is 4.94. The van der Waals surface area contributed by atoms with Gasteiger partial charge in [-0.25, -0.2) is 9.59 Å². The number of esters is 1. The summed E-state index contributed by atoms with van der Waals surface area (Å²) in [5, 5.41) is 10.2. The Bertz CT molecular complexity index is 1270. The number of amides is 5. The van der Waals surface area contributed by atoms with E-state index in [9.17, 15) is 24.0 Å². The summed E-state index contributed by atoms with van der Waals surface area (Å²) in [6.07, 6.45) is -0.675. The van der Waals surface area contributed by atoms with Crippen LogP contribution in [0.25, 0.3) is 11.1 Å². The third kappa shape index (κ3) is 9.45. The van der Waals surface area contributed by atoms with Crippen LogP contribution in [0, 0.1) is 5.92 Å². The average molecular weight is 596 g/mol. The second-order valence-corrected chi connectivity index (χ2v) is 10.9. The van der Waals surface area contributed by atoms with Gasteiger partial charge in [0.2, 0.25) is 11.8 Å². The first-order valence-electron chi connectivity index (χ1n) is 14.4. The zero-order chi connectivity index (χ0) is 31.5. The summed E-state index contributed by atoms with van der Waals surface area (Å²) in [4.78, 5) is 62.0. The number of hydrogen-bond acceptors (Lipinski definition) is 7. The van der Waals surface area contributed by atoms with Crippen molar-refractivity contribution < 1.29 is 33.4 Å². The molecule has 3 rings (SSSR count). The van der Waals surface area contributed by atoms with Crippen LogP contribution in [0.3, 0.4) is 0 Å². The monoisotopic (exact) mass is 595 g/mol. The van der Waals surface area contributed by atoms with E-state index in [0.717, 1.165) is 22.3 Å². The molecule has 0 aromatic heterocycles. The van der Waals surface area contributed by atoms with E-state index < -0.39 is 42.0 Å². The van der Waals surface area contributed by atoms with Crippen molar-refractivity contribution in [2.24, 2.45) is 11.7 Å². The lowest BCUT2D eigenvalue weighted by molar-refractivity contribution is -0.147. The second-order valence-electron chi connectivity index (χ2n) is 10.9. The van der Waals surface area contributed by atoms with Gasteiger partial charge in [0, 0.05) is 12.5 Å². The minimum atomic E-state index is -1.06. The number of ether oxygens (including phenoxy) is 2. The highest BCUT2D eigenvalue weighted by Gasteiger charge is 2.32. The minimum Gasteiger partial charge on any atom is -0.462 e. The lowest BCUT2D eigenvalue weighted by atomic mass is 9.98. The molecule has 0 heterocycles. The normalized spacial score (nSPS) is 13.3. The first kappa shape index (κ1) is 32.9. The van der Waals surface area contributed by atoms with Crippen molar-refractivity contribution in [1.29, 1.82) is 0 Å². The summed E-state index contributed by atoms with van der Waals surface area (Å²) in [5.41, 5.74) is 9.42. The molecule has 2 unspecified atom stereocenters. The van der Waals surface area contributed by atoms with Gasteiger partial charge >= 0.3 is 18.1 Å². The lowest BCUT2D eigenvalue weighted by Gasteiger charge is -2.25. The van der Waals surface area contributed by atoms with Crippen molar-refractivity contribution in [3.63, 3.8) is 0 Å². The van der Waals surface area contributed by atoms with Crippen LogP contribution in [-0.2, 0) is 23.9 Å². The van der Waals surface area contributed by atoms with Crippen molar-refractivity contribution in [1.82, 2.24) is 21.3 Å². The van der Waals surface area contributed by atoms with Gasteiger partial charge in [-0.2, -0.15) is 0 Å². The number of alkyl carbamates (subject to hydrolysis) is 1. The van der Waals surface area contributed by atoms with E-state index in [1.54, 1.807) is 27.7 Å². The third-order valence-corrected chi connectivity index (χ3v) is 6.94. The lowest BCUT2D eigenvalue weighted by Crippen LogP contribution is -2.56. The second kappa shape index (κ2) is 15.6. The summed E-state index contributed by atoms with van der Waals surface area (Å²) in [7, 11) is 0. The largest absolute Gasteiger partial charge is 0.462 e. The molecule has 0 fully saturated rings. The Kier molecular flexibility index (Phi) is 11.9. The van der Waals surface area contributed by atoms with E-state index in [1.807, 2.05) is 48.5 Å². The molecule has 2 aromatic rings. The maximum Gasteiger partial charge on any atom is 0.407 e. The van der Waals surface area contributed by atoms with Crippen molar-refractivity contribution in [2.45, 2.75) is 64.6 Å². The Labute approximate surface area is 251 Å². The molecule has 0 radical (unpaired) electrons. The van der Waals surface area contributed by atoms with Gasteiger partial charge in [-0.05, 0) is 54.9 Å². The summed E-state index contributed by atoms with van der Waals surface area (Å²) in [5.74, 6) is -2.33. The van der Waals surface area contributed by atoms with Crippen LogP contribution in [0.2, 0.25) is 0 Å². The fourth-order valence-corrected chi connectivity index (χ4v) is 4.94. The maximum absolute atomic E-state index is 13.3. The number of carbonyl (C=O) groups is 5. The quantitative estimate of drug-likeness (QED) is 0.165. The van der Waals surface area contributed by atoms with Gasteiger partial charge in [0.05, 0.1) is 6.10 Å². The van der Waals surface area contributed by atoms with Crippen molar-refractivity contribution in [3.8, 4) is 11.1 Å². The van der Waals surface area contributed by atoms with Gasteiger partial charge in [-0.3, -0.25) is 14.4 Å². The molecule has 1 aliphatic carbocycles. The topological polar surface area (TPSA) is 178 Å². The van der Waals surface area contributed by atoms with E-state index in [-0.39, 0.29) is 44.1 Å². The number of urea groups is 1. The van der Waals surface area contributed by atoms with E-state index in [1.165, 1.54) is 0 Å². The maximum atomic E-state index is 13.3. The number of nitrogens with one attached hydrogen (secondary N) is 4. The van der Waals surface area contributed by atoms with Crippen LogP contribution in [0.4, 0.5) is 9.59 Å². The molecule has 5 amide bonds. The van der Waals surface area contributed by atoms with Crippen molar-refractivity contribution in [3.05, 3.63) is 59.7 Å². The highest BCUT2D eigenvalue weighted by atomic mass is 16.6. The Morgan fingerprint density at radius 3 is 2.00 bits per heavy atom. The first-order valence-corrected chi connectivity index (χ1v) is 14.4. The third-order valence-electron chi connectivity index (χ3n) is 6.94. The van der Waals surface area contributed by atoms with Crippen LogP contribution in [0.15, 0.2) is 48.5 Å². The van der Waals surface area contributed by atoms with Gasteiger partial charge in [-0.15, -0.1) is 0 Å². The molecule has 2 atom stereocenters. The summed E-state index contributed by atoms with van der Waals surface area (Å²) < 4.78 is 10.6. The Morgan fingerprint density at radius 2 is 1.44 bits per heavy atom. The van der Waals surface area contributed by atoms with Crippen molar-refractivity contribution >= 4 is 29.9 Å².